The van der Waals surface area contributed by atoms with Crippen LogP contribution in [0.2, 0.25) is 0 Å². The molecule has 0 bridgehead atoms. The average molecular weight is 436 g/mol. The first-order valence-electron chi connectivity index (χ1n) is 10.8. The van der Waals surface area contributed by atoms with E-state index in [0.717, 1.165) is 56.6 Å². The highest BCUT2D eigenvalue weighted by Crippen LogP contribution is 2.27. The maximum absolute atomic E-state index is 12.8. The maximum Gasteiger partial charge on any atom is 0.416 e. The van der Waals surface area contributed by atoms with Crippen LogP contribution >= 0.6 is 0 Å². The number of anilines is 1. The van der Waals surface area contributed by atoms with E-state index < -0.39 is 11.7 Å². The third kappa shape index (κ3) is 6.64. The molecule has 1 aromatic heterocycles. The number of halogens is 3. The molecule has 2 saturated heterocycles. The number of hydrogen-bond donors (Lipinski definition) is 0. The number of aromatic nitrogens is 2. The molecule has 0 radical (unpaired) electrons. The van der Waals surface area contributed by atoms with Crippen molar-refractivity contribution >= 4 is 11.4 Å². The molecule has 3 rings (SSSR count). The summed E-state index contributed by atoms with van der Waals surface area (Å²) < 4.78 is 38.4. The van der Waals surface area contributed by atoms with Crippen LogP contribution in [0.3, 0.4) is 0 Å². The highest BCUT2D eigenvalue weighted by Gasteiger charge is 2.30. The van der Waals surface area contributed by atoms with E-state index in [9.17, 15) is 13.2 Å². The molecule has 1 atom stereocenters. The Morgan fingerprint density at radius 1 is 1.13 bits per heavy atom. The fraction of sp³-hybridized carbons (Fsp3) is 0.565. The van der Waals surface area contributed by atoms with Gasteiger partial charge < -0.3 is 9.80 Å². The average Bonchev–Trinajstić information content (AvgIpc) is 2.74. The lowest BCUT2D eigenvalue weighted by Crippen LogP contribution is -2.49. The molecule has 1 unspecified atom stereocenters. The first-order valence-corrected chi connectivity index (χ1v) is 10.8. The van der Waals surface area contributed by atoms with Gasteiger partial charge in [0.2, 0.25) is 0 Å². The summed E-state index contributed by atoms with van der Waals surface area (Å²) >= 11 is 0. The van der Waals surface area contributed by atoms with E-state index in [2.05, 4.69) is 38.5 Å². The van der Waals surface area contributed by atoms with E-state index in [0.29, 0.717) is 11.3 Å². The molecule has 1 aromatic rings. The second-order valence-corrected chi connectivity index (χ2v) is 8.51. The van der Waals surface area contributed by atoms with Crippen LogP contribution in [0.5, 0.6) is 0 Å². The van der Waals surface area contributed by atoms with Gasteiger partial charge in [-0.2, -0.15) is 13.2 Å². The lowest BCUT2D eigenvalue weighted by Gasteiger charge is -2.38. The SMILES string of the molecule is C=C/C(=C\C=C(/C)c1ccc(N2CCN(CC3CCCN(C)C3)CC2)nn1)C(F)(F)F. The van der Waals surface area contributed by atoms with Gasteiger partial charge in [-0.3, -0.25) is 4.90 Å². The van der Waals surface area contributed by atoms with Crippen LogP contribution in [-0.4, -0.2) is 79.0 Å². The van der Waals surface area contributed by atoms with Crippen LogP contribution in [0.4, 0.5) is 19.0 Å². The molecule has 0 aliphatic carbocycles. The standard InChI is InChI=1S/C23H32F3N5/c1-4-20(23(24,25)26)8-7-18(2)21-9-10-22(28-27-21)31-14-12-30(13-15-31)17-19-6-5-11-29(3)16-19/h4,7-10,19H,1,5-6,11-17H2,2-3H3/b18-7+,20-8+. The molecule has 5 nitrogen and oxygen atoms in total. The minimum atomic E-state index is -4.41. The van der Waals surface area contributed by atoms with E-state index in [1.54, 1.807) is 6.92 Å². The lowest BCUT2D eigenvalue weighted by molar-refractivity contribution is -0.0881. The summed E-state index contributed by atoms with van der Waals surface area (Å²) in [7, 11) is 2.20. The Kier molecular flexibility index (Phi) is 7.89. The normalized spacial score (nSPS) is 22.6. The Labute approximate surface area is 182 Å². The van der Waals surface area contributed by atoms with E-state index in [-0.39, 0.29) is 0 Å². The van der Waals surface area contributed by atoms with Crippen molar-refractivity contribution in [2.45, 2.75) is 25.9 Å². The Morgan fingerprint density at radius 2 is 1.87 bits per heavy atom. The van der Waals surface area contributed by atoms with Crippen molar-refractivity contribution in [1.29, 1.82) is 0 Å². The van der Waals surface area contributed by atoms with Gasteiger partial charge in [-0.15, -0.1) is 10.2 Å². The molecule has 2 fully saturated rings. The van der Waals surface area contributed by atoms with Crippen LogP contribution < -0.4 is 4.90 Å². The number of allylic oxidation sites excluding steroid dienone is 5. The van der Waals surface area contributed by atoms with Gasteiger partial charge in [0.15, 0.2) is 5.82 Å². The van der Waals surface area contributed by atoms with Crippen LogP contribution in [-0.2, 0) is 0 Å². The van der Waals surface area contributed by atoms with Crippen LogP contribution in [0.15, 0.2) is 42.5 Å². The number of alkyl halides is 3. The van der Waals surface area contributed by atoms with E-state index in [1.165, 1.54) is 32.0 Å². The van der Waals surface area contributed by atoms with Crippen molar-refractivity contribution in [3.8, 4) is 0 Å². The second-order valence-electron chi connectivity index (χ2n) is 8.51. The first-order chi connectivity index (χ1) is 14.8. The van der Waals surface area contributed by atoms with Crippen LogP contribution in [0, 0.1) is 5.92 Å². The van der Waals surface area contributed by atoms with Crippen molar-refractivity contribution in [3.63, 3.8) is 0 Å². The molecule has 0 spiro atoms. The highest BCUT2D eigenvalue weighted by atomic mass is 19.4. The first kappa shape index (κ1) is 23.5. The van der Waals surface area contributed by atoms with E-state index in [4.69, 9.17) is 0 Å². The zero-order chi connectivity index (χ0) is 22.4. The van der Waals surface area contributed by atoms with Gasteiger partial charge >= 0.3 is 6.18 Å². The number of piperidine rings is 1. The number of nitrogens with zero attached hydrogens (tertiary/aromatic N) is 5. The van der Waals surface area contributed by atoms with Crippen molar-refractivity contribution in [2.24, 2.45) is 5.92 Å². The summed E-state index contributed by atoms with van der Waals surface area (Å²) in [6.07, 6.45) is 1.42. The van der Waals surface area contributed by atoms with Gasteiger partial charge in [-0.25, -0.2) is 0 Å². The van der Waals surface area contributed by atoms with E-state index in [1.807, 2.05) is 12.1 Å². The molecule has 0 amide bonds. The Morgan fingerprint density at radius 3 is 2.45 bits per heavy atom. The molecule has 8 heteroatoms. The van der Waals surface area contributed by atoms with Gasteiger partial charge in [-0.1, -0.05) is 18.7 Å². The topological polar surface area (TPSA) is 35.5 Å². The van der Waals surface area contributed by atoms with Crippen LogP contribution in [0.1, 0.15) is 25.5 Å². The number of rotatable bonds is 6. The summed E-state index contributed by atoms with van der Waals surface area (Å²) in [5.74, 6) is 1.57. The third-order valence-electron chi connectivity index (χ3n) is 6.05. The summed E-state index contributed by atoms with van der Waals surface area (Å²) in [6, 6.07) is 3.71. The zero-order valence-electron chi connectivity index (χ0n) is 18.4. The second kappa shape index (κ2) is 10.4. The predicted octanol–water partition coefficient (Wildman–Crippen LogP) is 4.02. The molecular formula is C23H32F3N5. The lowest BCUT2D eigenvalue weighted by atomic mass is 9.97. The van der Waals surface area contributed by atoms with Crippen molar-refractivity contribution in [1.82, 2.24) is 20.0 Å². The Hall–Kier alpha value is -2.19. The minimum absolute atomic E-state index is 0.561. The minimum Gasteiger partial charge on any atom is -0.353 e. The summed E-state index contributed by atoms with van der Waals surface area (Å²) in [5.41, 5.74) is 0.393. The molecule has 3 heterocycles. The van der Waals surface area contributed by atoms with Crippen molar-refractivity contribution in [3.05, 3.63) is 48.2 Å². The fourth-order valence-corrected chi connectivity index (χ4v) is 4.23. The molecular weight excluding hydrogens is 403 g/mol. The highest BCUT2D eigenvalue weighted by molar-refractivity contribution is 5.63. The maximum atomic E-state index is 12.8. The number of hydrogen-bond acceptors (Lipinski definition) is 5. The monoisotopic (exact) mass is 435 g/mol. The summed E-state index contributed by atoms with van der Waals surface area (Å²) in [4.78, 5) is 7.19. The molecule has 0 saturated carbocycles. The summed E-state index contributed by atoms with van der Waals surface area (Å²) in [5, 5.41) is 8.54. The number of piperazine rings is 1. The van der Waals surface area contributed by atoms with Crippen molar-refractivity contribution < 1.29 is 13.2 Å². The zero-order valence-corrected chi connectivity index (χ0v) is 18.4. The quantitative estimate of drug-likeness (QED) is 0.631. The molecule has 2 aliphatic heterocycles. The predicted molar refractivity (Wildman–Crippen MR) is 119 cm³/mol. The number of likely N-dealkylation sites (tertiary alicyclic amines) is 1. The summed E-state index contributed by atoms with van der Waals surface area (Å²) in [6.45, 7) is 12.3. The molecule has 31 heavy (non-hydrogen) atoms. The smallest absolute Gasteiger partial charge is 0.353 e. The van der Waals surface area contributed by atoms with Gasteiger partial charge in [0.05, 0.1) is 11.3 Å². The van der Waals surface area contributed by atoms with Gasteiger partial charge in [-0.05, 0) is 63.1 Å². The van der Waals surface area contributed by atoms with Gasteiger partial charge in [0.1, 0.15) is 0 Å². The largest absolute Gasteiger partial charge is 0.416 e. The van der Waals surface area contributed by atoms with Gasteiger partial charge in [0.25, 0.3) is 0 Å². The molecule has 2 aliphatic rings. The molecule has 0 aromatic carbocycles. The molecule has 170 valence electrons. The fourth-order valence-electron chi connectivity index (χ4n) is 4.23. The Balaban J connectivity index is 1.54. The van der Waals surface area contributed by atoms with Gasteiger partial charge in [0, 0.05) is 39.3 Å². The molecule has 0 N–H and O–H groups in total. The van der Waals surface area contributed by atoms with E-state index >= 15 is 0 Å². The third-order valence-corrected chi connectivity index (χ3v) is 6.05. The van der Waals surface area contributed by atoms with Crippen molar-refractivity contribution in [2.75, 3.05) is 57.8 Å². The Bertz CT molecular complexity index is 792. The van der Waals surface area contributed by atoms with Crippen LogP contribution in [0.25, 0.3) is 5.57 Å².